The van der Waals surface area contributed by atoms with E-state index in [9.17, 15) is 32.7 Å². The summed E-state index contributed by atoms with van der Waals surface area (Å²) in [5, 5.41) is 13.8. The van der Waals surface area contributed by atoms with Gasteiger partial charge in [-0.1, -0.05) is 38.0 Å². The Morgan fingerprint density at radius 1 is 1.16 bits per heavy atom. The minimum Gasteiger partial charge on any atom is -0.483 e. The molecule has 15 heteroatoms. The summed E-state index contributed by atoms with van der Waals surface area (Å²) in [4.78, 5) is 63.2. The third-order valence-electron chi connectivity index (χ3n) is 12.5. The average Bonchev–Trinajstić information content (AvgIpc) is 4.01. The molecule has 0 radical (unpaired) electrons. The summed E-state index contributed by atoms with van der Waals surface area (Å²) in [6, 6.07) is 2.72. The van der Waals surface area contributed by atoms with Crippen molar-refractivity contribution < 1.29 is 41.8 Å². The van der Waals surface area contributed by atoms with Crippen molar-refractivity contribution in [1.82, 2.24) is 24.8 Å². The number of fused-ring (bicyclic) bond motifs is 5. The molecule has 0 bridgehead atoms. The molecule has 13 nitrogen and oxygen atoms in total. The molecule has 7 rings (SSSR count). The first kappa shape index (κ1) is 39.0. The Bertz CT molecular complexity index is 2070. The first-order valence-electron chi connectivity index (χ1n) is 19.6. The van der Waals surface area contributed by atoms with Crippen LogP contribution < -0.4 is 14.8 Å². The Hall–Kier alpha value is -4.27. The first-order valence-corrected chi connectivity index (χ1v) is 21.1. The van der Waals surface area contributed by atoms with E-state index in [1.807, 2.05) is 37.3 Å². The van der Waals surface area contributed by atoms with Crippen molar-refractivity contribution in [1.29, 1.82) is 0 Å². The monoisotopic (exact) mass is 781 g/mol. The lowest BCUT2D eigenvalue weighted by molar-refractivity contribution is -0.144. The van der Waals surface area contributed by atoms with Gasteiger partial charge in [-0.3, -0.25) is 24.0 Å². The van der Waals surface area contributed by atoms with Crippen LogP contribution in [0.3, 0.4) is 0 Å². The number of nitrogens with one attached hydrogen (secondary N) is 2. The molecular weight excluding hydrogens is 730 g/mol. The van der Waals surface area contributed by atoms with Crippen molar-refractivity contribution in [3.8, 4) is 5.75 Å². The summed E-state index contributed by atoms with van der Waals surface area (Å²) in [6.45, 7) is 8.45. The third kappa shape index (κ3) is 6.94. The van der Waals surface area contributed by atoms with Crippen molar-refractivity contribution >= 4 is 44.7 Å². The number of carboxylic acid groups (broad SMARTS) is 1. The van der Waals surface area contributed by atoms with Crippen LogP contribution in [0.2, 0.25) is 0 Å². The fraction of sp³-hybridized carbons (Fsp3) is 0.625. The molecule has 4 heterocycles. The highest BCUT2D eigenvalue weighted by molar-refractivity contribution is 7.91. The van der Waals surface area contributed by atoms with Crippen molar-refractivity contribution in [2.75, 3.05) is 6.54 Å². The summed E-state index contributed by atoms with van der Waals surface area (Å²) < 4.78 is 51.1. The van der Waals surface area contributed by atoms with E-state index in [0.717, 1.165) is 23.3 Å². The molecule has 4 amide bonds. The summed E-state index contributed by atoms with van der Waals surface area (Å²) >= 11 is 0. The number of carbonyl (C=O) groups is 4. The summed E-state index contributed by atoms with van der Waals surface area (Å²) in [5.74, 6) is -2.43. The molecule has 2 aromatic rings. The van der Waals surface area contributed by atoms with Crippen molar-refractivity contribution in [2.45, 2.75) is 145 Å². The van der Waals surface area contributed by atoms with Gasteiger partial charge in [0.25, 0.3) is 5.91 Å². The van der Waals surface area contributed by atoms with Crippen LogP contribution >= 0.6 is 0 Å². The highest BCUT2D eigenvalue weighted by atomic mass is 32.2. The number of benzene rings is 1. The quantitative estimate of drug-likeness (QED) is 0.325. The number of aryl methyl sites for hydroxylation is 2. The number of ether oxygens (including phenoxy) is 1. The molecule has 1 saturated heterocycles. The lowest BCUT2D eigenvalue weighted by Crippen LogP contribution is -2.59. The SMILES string of the molecule is CCc1ccc2nc(C)c3c(c2c1)C(F)C[C@]1(C[C@H]2C(=O)N[C@]4(C(=O)NS(=O)(=O)C5(C)CC5)C[C@H]4/C=C\CCCCC[C@H](N(C(=O)O)C(C)C)C(=O)N2C1)O3. The maximum absolute atomic E-state index is 16.8. The van der Waals surface area contributed by atoms with Gasteiger partial charge in [-0.15, -0.1) is 0 Å². The normalized spacial score (nSPS) is 30.9. The van der Waals surface area contributed by atoms with Crippen LogP contribution in [0.4, 0.5) is 9.18 Å². The number of aromatic nitrogens is 1. The van der Waals surface area contributed by atoms with Gasteiger partial charge < -0.3 is 20.1 Å². The van der Waals surface area contributed by atoms with Crippen LogP contribution in [0.15, 0.2) is 30.4 Å². The first-order chi connectivity index (χ1) is 25.9. The van der Waals surface area contributed by atoms with Crippen LogP contribution in [0, 0.1) is 12.8 Å². The molecular formula is C40H52FN5O8S. The second-order valence-electron chi connectivity index (χ2n) is 16.8. The number of pyridine rings is 1. The highest BCUT2D eigenvalue weighted by Gasteiger charge is 2.64. The predicted octanol–water partition coefficient (Wildman–Crippen LogP) is 5.39. The van der Waals surface area contributed by atoms with Gasteiger partial charge in [-0.25, -0.2) is 22.6 Å². The second-order valence-corrected chi connectivity index (χ2v) is 19.0. The molecule has 2 aliphatic carbocycles. The van der Waals surface area contributed by atoms with Gasteiger partial charge in [0.1, 0.15) is 35.1 Å². The van der Waals surface area contributed by atoms with Gasteiger partial charge in [-0.2, -0.15) is 0 Å². The summed E-state index contributed by atoms with van der Waals surface area (Å²) in [5.41, 5.74) is -0.531. The Balaban J connectivity index is 1.29. The van der Waals surface area contributed by atoms with Crippen LogP contribution in [0.1, 0.15) is 115 Å². The van der Waals surface area contributed by atoms with Crippen LogP contribution in [0.5, 0.6) is 5.75 Å². The minimum atomic E-state index is -4.04. The predicted molar refractivity (Wildman–Crippen MR) is 202 cm³/mol. The lowest BCUT2D eigenvalue weighted by atomic mass is 9.85. The maximum Gasteiger partial charge on any atom is 0.408 e. The van der Waals surface area contributed by atoms with Gasteiger partial charge in [0, 0.05) is 35.8 Å². The summed E-state index contributed by atoms with van der Waals surface area (Å²) in [6.07, 6.45) is 5.12. The van der Waals surface area contributed by atoms with Gasteiger partial charge >= 0.3 is 6.09 Å². The van der Waals surface area contributed by atoms with E-state index in [4.69, 9.17) is 9.72 Å². The minimum absolute atomic E-state index is 0.146. The smallest absolute Gasteiger partial charge is 0.408 e. The van der Waals surface area contributed by atoms with E-state index in [0.29, 0.717) is 54.3 Å². The molecule has 1 spiro atoms. The Labute approximate surface area is 321 Å². The third-order valence-corrected chi connectivity index (χ3v) is 14.7. The molecule has 3 aliphatic heterocycles. The van der Waals surface area contributed by atoms with Gasteiger partial charge in [0.05, 0.1) is 22.5 Å². The number of hydrogen-bond acceptors (Lipinski definition) is 8. The fourth-order valence-corrected chi connectivity index (χ4v) is 10.1. The molecule has 6 atom stereocenters. The number of allylic oxidation sites excluding steroid dienone is 1. The largest absolute Gasteiger partial charge is 0.483 e. The number of alkyl halides is 1. The van der Waals surface area contributed by atoms with Crippen molar-refractivity contribution in [2.24, 2.45) is 5.92 Å². The van der Waals surface area contributed by atoms with E-state index in [1.165, 1.54) is 4.90 Å². The second kappa shape index (κ2) is 14.0. The zero-order valence-electron chi connectivity index (χ0n) is 32.2. The van der Waals surface area contributed by atoms with Gasteiger partial charge in [0.15, 0.2) is 0 Å². The van der Waals surface area contributed by atoms with Crippen LogP contribution in [-0.4, -0.2) is 92.7 Å². The number of amides is 4. The average molecular weight is 782 g/mol. The zero-order chi connectivity index (χ0) is 39.7. The van der Waals surface area contributed by atoms with E-state index >= 15 is 4.39 Å². The highest BCUT2D eigenvalue weighted by Crippen LogP contribution is 2.52. The Morgan fingerprint density at radius 3 is 2.58 bits per heavy atom. The van der Waals surface area contributed by atoms with Crippen LogP contribution in [-0.2, 0) is 30.8 Å². The van der Waals surface area contributed by atoms with Gasteiger partial charge in [-0.05, 0) is 90.3 Å². The molecule has 55 heavy (non-hydrogen) atoms. The Morgan fingerprint density at radius 2 is 1.91 bits per heavy atom. The fourth-order valence-electron chi connectivity index (χ4n) is 8.82. The van der Waals surface area contributed by atoms with E-state index < -0.39 is 79.9 Å². The molecule has 1 unspecified atom stereocenters. The number of nitrogens with zero attached hydrogens (tertiary/aromatic N) is 3. The molecule has 5 aliphatic rings. The van der Waals surface area contributed by atoms with Crippen molar-refractivity contribution in [3.63, 3.8) is 0 Å². The molecule has 2 saturated carbocycles. The molecule has 3 fully saturated rings. The number of carbonyl (C=O) groups excluding carboxylic acids is 3. The number of halogens is 1. The topological polar surface area (TPSA) is 175 Å². The summed E-state index contributed by atoms with van der Waals surface area (Å²) in [7, 11) is -4.04. The molecule has 1 aromatic heterocycles. The molecule has 298 valence electrons. The van der Waals surface area contributed by atoms with E-state index in [2.05, 4.69) is 10.0 Å². The zero-order valence-corrected chi connectivity index (χ0v) is 33.0. The molecule has 1 aromatic carbocycles. The number of rotatable bonds is 6. The Kier molecular flexibility index (Phi) is 9.95. The van der Waals surface area contributed by atoms with E-state index in [1.54, 1.807) is 27.7 Å². The standard InChI is InChI=1S/C40H52FN5O8S/c1-6-25-14-15-29-27(18-25)32-28(41)20-39(54-33(32)24(4)42-29)21-31-34(47)43-40(36(49)44-55(52,53)38(5)16-17-38)19-26(40)12-10-8-7-9-11-13-30(35(48)45(31)22-39)46(23(2)3)37(50)51/h10,12,14-15,18,23,26,28,30-31H,6-9,11,13,16-17,19-22H2,1-5H3,(H,43,47)(H,44,49)(H,50,51)/b12-10-/t26-,28?,30+,31+,39-,40-/m1/s1. The number of sulfonamides is 1. The molecule has 3 N–H and O–H groups in total. The van der Waals surface area contributed by atoms with Crippen LogP contribution in [0.25, 0.3) is 10.9 Å². The number of hydrogen-bond donors (Lipinski definition) is 3. The maximum atomic E-state index is 16.8. The van der Waals surface area contributed by atoms with Gasteiger partial charge in [0.2, 0.25) is 21.8 Å². The van der Waals surface area contributed by atoms with Crippen molar-refractivity contribution in [3.05, 3.63) is 47.2 Å². The van der Waals surface area contributed by atoms with E-state index in [-0.39, 0.29) is 38.0 Å². The lowest BCUT2D eigenvalue weighted by Gasteiger charge is -2.39.